The SMILES string of the molecule is Cc1ccc2onc(CC(=O)N3CCN(c4nnc(-c5cccs5)s4)CC3)c2c1. The Bertz CT molecular complexity index is 1140. The van der Waals surface area contributed by atoms with Gasteiger partial charge in [0.25, 0.3) is 0 Å². The molecule has 9 heteroatoms. The number of thiophene rings is 1. The number of carbonyl (C=O) groups excluding carboxylic acids is 1. The van der Waals surface area contributed by atoms with Crippen molar-refractivity contribution in [1.82, 2.24) is 20.3 Å². The third kappa shape index (κ3) is 3.63. The first-order valence-corrected chi connectivity index (χ1v) is 11.1. The molecule has 0 unspecified atom stereocenters. The van der Waals surface area contributed by atoms with Gasteiger partial charge >= 0.3 is 0 Å². The van der Waals surface area contributed by atoms with E-state index in [1.807, 2.05) is 41.5 Å². The van der Waals surface area contributed by atoms with E-state index >= 15 is 0 Å². The Labute approximate surface area is 175 Å². The van der Waals surface area contributed by atoms with Crippen LogP contribution in [0.2, 0.25) is 0 Å². The lowest BCUT2D eigenvalue weighted by Crippen LogP contribution is -2.49. The Morgan fingerprint density at radius 3 is 2.83 bits per heavy atom. The van der Waals surface area contributed by atoms with E-state index in [-0.39, 0.29) is 12.3 Å². The molecule has 1 aliphatic rings. The second-order valence-corrected chi connectivity index (χ2v) is 8.94. The van der Waals surface area contributed by atoms with Crippen molar-refractivity contribution < 1.29 is 9.32 Å². The number of carbonyl (C=O) groups is 1. The van der Waals surface area contributed by atoms with Crippen LogP contribution in [0.15, 0.2) is 40.2 Å². The molecule has 7 nitrogen and oxygen atoms in total. The van der Waals surface area contributed by atoms with Gasteiger partial charge in [-0.2, -0.15) is 0 Å². The van der Waals surface area contributed by atoms with Crippen molar-refractivity contribution in [3.63, 3.8) is 0 Å². The predicted octanol–water partition coefficient (Wildman–Crippen LogP) is 3.61. The number of rotatable bonds is 4. The van der Waals surface area contributed by atoms with Crippen LogP contribution in [0.25, 0.3) is 20.9 Å². The molecule has 148 valence electrons. The van der Waals surface area contributed by atoms with E-state index in [1.54, 1.807) is 22.7 Å². The van der Waals surface area contributed by atoms with Crippen LogP contribution in [0.4, 0.5) is 5.13 Å². The molecule has 1 aromatic carbocycles. The summed E-state index contributed by atoms with van der Waals surface area (Å²) >= 11 is 3.27. The van der Waals surface area contributed by atoms with Crippen LogP contribution < -0.4 is 4.90 Å². The van der Waals surface area contributed by atoms with Crippen LogP contribution in [-0.2, 0) is 11.2 Å². The van der Waals surface area contributed by atoms with E-state index in [1.165, 1.54) is 0 Å². The van der Waals surface area contributed by atoms with E-state index in [4.69, 9.17) is 4.52 Å². The summed E-state index contributed by atoms with van der Waals surface area (Å²) in [4.78, 5) is 18.0. The van der Waals surface area contributed by atoms with E-state index in [2.05, 4.69) is 26.3 Å². The van der Waals surface area contributed by atoms with Gasteiger partial charge in [0.15, 0.2) is 10.6 Å². The molecule has 0 spiro atoms. The molecular weight excluding hydrogens is 406 g/mol. The number of amides is 1. The second kappa shape index (κ2) is 7.57. The van der Waals surface area contributed by atoms with Crippen molar-refractivity contribution in [3.8, 4) is 9.88 Å². The highest BCUT2D eigenvalue weighted by atomic mass is 32.1. The Morgan fingerprint density at radius 2 is 2.03 bits per heavy atom. The summed E-state index contributed by atoms with van der Waals surface area (Å²) in [5.74, 6) is 0.0814. The molecule has 0 bridgehead atoms. The minimum Gasteiger partial charge on any atom is -0.356 e. The highest BCUT2D eigenvalue weighted by Crippen LogP contribution is 2.32. The molecule has 0 radical (unpaired) electrons. The summed E-state index contributed by atoms with van der Waals surface area (Å²) in [7, 11) is 0. The monoisotopic (exact) mass is 425 g/mol. The Hall–Kier alpha value is -2.78. The molecule has 1 saturated heterocycles. The van der Waals surface area contributed by atoms with Gasteiger partial charge < -0.3 is 14.3 Å². The smallest absolute Gasteiger partial charge is 0.228 e. The molecule has 0 saturated carbocycles. The first-order valence-electron chi connectivity index (χ1n) is 9.42. The standard InChI is InChI=1S/C20H19N5O2S2/c1-13-4-5-16-14(11-13)15(23-27-16)12-18(26)24-6-8-25(9-7-24)20-22-21-19(29-20)17-3-2-10-28-17/h2-5,10-11H,6-9,12H2,1H3. The lowest BCUT2D eigenvalue weighted by atomic mass is 10.1. The van der Waals surface area contributed by atoms with Crippen molar-refractivity contribution in [1.29, 1.82) is 0 Å². The molecule has 0 aliphatic carbocycles. The number of hydrogen-bond acceptors (Lipinski definition) is 8. The van der Waals surface area contributed by atoms with Crippen LogP contribution >= 0.6 is 22.7 Å². The number of anilines is 1. The van der Waals surface area contributed by atoms with Crippen LogP contribution in [0.5, 0.6) is 0 Å². The van der Waals surface area contributed by atoms with Crippen molar-refractivity contribution in [2.75, 3.05) is 31.1 Å². The summed E-state index contributed by atoms with van der Waals surface area (Å²) in [5.41, 5.74) is 2.56. The van der Waals surface area contributed by atoms with Gasteiger partial charge in [0.1, 0.15) is 5.69 Å². The first kappa shape index (κ1) is 18.3. The molecule has 4 heterocycles. The fourth-order valence-electron chi connectivity index (χ4n) is 3.48. The second-order valence-electron chi connectivity index (χ2n) is 7.04. The van der Waals surface area contributed by atoms with Crippen LogP contribution in [0.3, 0.4) is 0 Å². The molecule has 0 N–H and O–H groups in total. The van der Waals surface area contributed by atoms with E-state index in [0.29, 0.717) is 18.8 Å². The summed E-state index contributed by atoms with van der Waals surface area (Å²) in [6.45, 7) is 4.87. The largest absolute Gasteiger partial charge is 0.356 e. The van der Waals surface area contributed by atoms with Gasteiger partial charge in [-0.25, -0.2) is 0 Å². The Kier molecular flexibility index (Phi) is 4.76. The lowest BCUT2D eigenvalue weighted by molar-refractivity contribution is -0.130. The summed E-state index contributed by atoms with van der Waals surface area (Å²) in [6, 6.07) is 9.98. The minimum atomic E-state index is 0.0814. The minimum absolute atomic E-state index is 0.0814. The summed E-state index contributed by atoms with van der Waals surface area (Å²) in [6.07, 6.45) is 0.262. The number of piperazine rings is 1. The number of benzene rings is 1. The molecule has 1 amide bonds. The van der Waals surface area contributed by atoms with E-state index in [9.17, 15) is 4.79 Å². The number of fused-ring (bicyclic) bond motifs is 1. The zero-order chi connectivity index (χ0) is 19.8. The normalized spacial score (nSPS) is 14.7. The topological polar surface area (TPSA) is 75.4 Å². The average Bonchev–Trinajstić information content (AvgIpc) is 3.49. The molecule has 4 aromatic rings. The van der Waals surface area contributed by atoms with E-state index in [0.717, 1.165) is 44.6 Å². The maximum absolute atomic E-state index is 12.8. The summed E-state index contributed by atoms with van der Waals surface area (Å²) in [5, 5.41) is 17.6. The number of aryl methyl sites for hydroxylation is 1. The third-order valence-corrected chi connectivity index (χ3v) is 7.09. The quantitative estimate of drug-likeness (QED) is 0.497. The molecule has 5 rings (SSSR count). The van der Waals surface area contributed by atoms with Crippen molar-refractivity contribution in [2.24, 2.45) is 0 Å². The van der Waals surface area contributed by atoms with Gasteiger partial charge in [-0.15, -0.1) is 21.5 Å². The lowest BCUT2D eigenvalue weighted by Gasteiger charge is -2.34. The van der Waals surface area contributed by atoms with Gasteiger partial charge in [-0.1, -0.05) is 34.2 Å². The zero-order valence-electron chi connectivity index (χ0n) is 15.9. The van der Waals surface area contributed by atoms with Crippen molar-refractivity contribution in [2.45, 2.75) is 13.3 Å². The summed E-state index contributed by atoms with van der Waals surface area (Å²) < 4.78 is 5.36. The number of aromatic nitrogens is 3. The van der Waals surface area contributed by atoms with Gasteiger partial charge in [-0.3, -0.25) is 4.79 Å². The van der Waals surface area contributed by atoms with Crippen molar-refractivity contribution >= 4 is 44.7 Å². The van der Waals surface area contributed by atoms with Gasteiger partial charge in [-0.05, 0) is 30.5 Å². The average molecular weight is 426 g/mol. The molecule has 1 fully saturated rings. The third-order valence-electron chi connectivity index (χ3n) is 5.07. The Morgan fingerprint density at radius 1 is 1.17 bits per heavy atom. The van der Waals surface area contributed by atoms with Crippen molar-refractivity contribution in [3.05, 3.63) is 47.0 Å². The predicted molar refractivity (Wildman–Crippen MR) is 114 cm³/mol. The molecule has 3 aromatic heterocycles. The number of hydrogen-bond donors (Lipinski definition) is 0. The molecule has 1 aliphatic heterocycles. The maximum Gasteiger partial charge on any atom is 0.228 e. The fourth-order valence-corrected chi connectivity index (χ4v) is 5.16. The fraction of sp³-hybridized carbons (Fsp3) is 0.300. The highest BCUT2D eigenvalue weighted by Gasteiger charge is 2.25. The van der Waals surface area contributed by atoms with Gasteiger partial charge in [0, 0.05) is 31.6 Å². The first-order chi connectivity index (χ1) is 14.2. The van der Waals surface area contributed by atoms with Crippen LogP contribution in [-0.4, -0.2) is 52.3 Å². The van der Waals surface area contributed by atoms with E-state index < -0.39 is 0 Å². The molecule has 0 atom stereocenters. The van der Waals surface area contributed by atoms with Crippen LogP contribution in [0.1, 0.15) is 11.3 Å². The molecule has 29 heavy (non-hydrogen) atoms. The van der Waals surface area contributed by atoms with Crippen LogP contribution in [0, 0.1) is 6.92 Å². The highest BCUT2D eigenvalue weighted by molar-refractivity contribution is 7.22. The Balaban J connectivity index is 1.22. The molecular formula is C20H19N5O2S2. The maximum atomic E-state index is 12.8. The van der Waals surface area contributed by atoms with Gasteiger partial charge in [0.05, 0.1) is 11.3 Å². The number of nitrogens with zero attached hydrogens (tertiary/aromatic N) is 5. The van der Waals surface area contributed by atoms with Gasteiger partial charge in [0.2, 0.25) is 11.0 Å². The zero-order valence-corrected chi connectivity index (χ0v) is 17.5.